The number of oxime groups is 1. The number of hydrogen-bond donors (Lipinski definition) is 4. The van der Waals surface area contributed by atoms with Gasteiger partial charge in [-0.3, -0.25) is 19.3 Å². The summed E-state index contributed by atoms with van der Waals surface area (Å²) in [6.45, 7) is 0. The summed E-state index contributed by atoms with van der Waals surface area (Å²) in [5, 5.41) is 20.6. The van der Waals surface area contributed by atoms with Crippen LogP contribution in [-0.4, -0.2) is 73.8 Å². The van der Waals surface area contributed by atoms with E-state index in [1.165, 1.54) is 42.5 Å². The van der Waals surface area contributed by atoms with Crippen LogP contribution in [-0.2, 0) is 19.2 Å². The van der Waals surface area contributed by atoms with Crippen molar-refractivity contribution in [3.05, 3.63) is 45.9 Å². The predicted molar refractivity (Wildman–Crippen MR) is 124 cm³/mol. The lowest BCUT2D eigenvalue weighted by Gasteiger charge is -2.49. The summed E-state index contributed by atoms with van der Waals surface area (Å²) >= 11 is 2.36. The molecular formula is C19H17N7O7S2. The van der Waals surface area contributed by atoms with Gasteiger partial charge in [0.15, 0.2) is 22.3 Å². The van der Waals surface area contributed by atoms with Gasteiger partial charge in [0.05, 0.1) is 0 Å². The Kier molecular flexibility index (Phi) is 6.57. The van der Waals surface area contributed by atoms with Gasteiger partial charge < -0.3 is 31.3 Å². The summed E-state index contributed by atoms with van der Waals surface area (Å²) in [5.74, 6) is -3.02. The smallest absolute Gasteiger partial charge is 0.352 e. The molecule has 182 valence electrons. The zero-order valence-electron chi connectivity index (χ0n) is 17.8. The van der Waals surface area contributed by atoms with Gasteiger partial charge in [-0.25, -0.2) is 9.78 Å². The van der Waals surface area contributed by atoms with Gasteiger partial charge in [-0.2, -0.15) is 0 Å². The lowest BCUT2D eigenvalue weighted by Crippen LogP contribution is -2.71. The Hall–Kier alpha value is -4.18. The van der Waals surface area contributed by atoms with E-state index in [-0.39, 0.29) is 39.4 Å². The molecule has 6 N–H and O–H groups in total. The minimum Gasteiger partial charge on any atom is -0.477 e. The molecule has 1 fully saturated rings. The molecule has 0 radical (unpaired) electrons. The maximum atomic E-state index is 12.9. The molecule has 2 atom stereocenters. The second-order valence-corrected chi connectivity index (χ2v) is 9.04. The van der Waals surface area contributed by atoms with Gasteiger partial charge >= 0.3 is 5.97 Å². The largest absolute Gasteiger partial charge is 0.477 e. The monoisotopic (exact) mass is 519 g/mol. The molecule has 16 heteroatoms. The SMILES string of the molecule is CO/N=C(\C(=O)NC1C(=O)N2C(C(=O)O)=C(/C=C/c3cc(C(N)=O)no3)CSC12)c1csc(N)n1. The van der Waals surface area contributed by atoms with Crippen molar-refractivity contribution in [2.75, 3.05) is 18.6 Å². The fraction of sp³-hybridized carbons (Fsp3) is 0.211. The number of hydrogen-bond acceptors (Lipinski definition) is 12. The number of nitrogens with zero attached hydrogens (tertiary/aromatic N) is 4. The number of primary amides is 1. The molecule has 2 unspecified atom stereocenters. The van der Waals surface area contributed by atoms with Crippen molar-refractivity contribution >= 4 is 63.7 Å². The molecule has 14 nitrogen and oxygen atoms in total. The van der Waals surface area contributed by atoms with E-state index in [0.717, 1.165) is 16.2 Å². The molecule has 4 heterocycles. The molecule has 2 aliphatic rings. The van der Waals surface area contributed by atoms with Crippen molar-refractivity contribution in [3.8, 4) is 0 Å². The number of anilines is 1. The number of amides is 3. The Morgan fingerprint density at radius 3 is 2.74 bits per heavy atom. The number of carboxylic acids is 1. The lowest BCUT2D eigenvalue weighted by atomic mass is 10.0. The van der Waals surface area contributed by atoms with Crippen molar-refractivity contribution in [1.82, 2.24) is 20.4 Å². The van der Waals surface area contributed by atoms with Crippen molar-refractivity contribution in [1.29, 1.82) is 0 Å². The highest BCUT2D eigenvalue weighted by Gasteiger charge is 2.54. The lowest BCUT2D eigenvalue weighted by molar-refractivity contribution is -0.150. The number of fused-ring (bicyclic) bond motifs is 1. The number of thiazole rings is 1. The second-order valence-electron chi connectivity index (χ2n) is 7.05. The number of rotatable bonds is 8. The van der Waals surface area contributed by atoms with Crippen LogP contribution in [0.15, 0.2) is 38.5 Å². The standard InChI is InChI=1S/C19H17N7O7S2/c1-32-25-11(10-6-35-19(21)22-10)15(28)23-12-16(29)26-13(18(30)31)7(5-34-17(12)26)2-3-8-4-9(14(20)27)24-33-8/h2-4,6,12,17H,5H2,1H3,(H2,20,27)(H2,21,22)(H,23,28)(H,30,31)/b3-2+,25-11-. The van der Waals surface area contributed by atoms with Gasteiger partial charge in [-0.1, -0.05) is 16.4 Å². The van der Waals surface area contributed by atoms with Crippen LogP contribution < -0.4 is 16.8 Å². The van der Waals surface area contributed by atoms with E-state index >= 15 is 0 Å². The predicted octanol–water partition coefficient (Wildman–Crippen LogP) is -0.385. The number of nitrogen functional groups attached to an aromatic ring is 1. The van der Waals surface area contributed by atoms with Gasteiger partial charge in [0.2, 0.25) is 0 Å². The van der Waals surface area contributed by atoms with E-state index < -0.39 is 35.1 Å². The number of aromatic nitrogens is 2. The van der Waals surface area contributed by atoms with Crippen LogP contribution in [0.5, 0.6) is 0 Å². The first kappa shape index (κ1) is 24.0. The molecule has 1 saturated heterocycles. The number of β-lactam (4-membered cyclic amide) rings is 1. The molecular weight excluding hydrogens is 502 g/mol. The van der Waals surface area contributed by atoms with E-state index in [1.807, 2.05) is 0 Å². The minimum atomic E-state index is -1.32. The number of thioether (sulfide) groups is 1. The Balaban J connectivity index is 1.52. The van der Waals surface area contributed by atoms with Gasteiger partial charge in [0.1, 0.15) is 29.9 Å². The third-order valence-electron chi connectivity index (χ3n) is 4.88. The van der Waals surface area contributed by atoms with Gasteiger partial charge in [-0.15, -0.1) is 23.1 Å². The van der Waals surface area contributed by atoms with Crippen molar-refractivity contribution in [2.24, 2.45) is 10.9 Å². The van der Waals surface area contributed by atoms with Gasteiger partial charge in [0, 0.05) is 17.2 Å². The number of carbonyl (C=O) groups excluding carboxylic acids is 3. The van der Waals surface area contributed by atoms with E-state index in [2.05, 4.69) is 20.6 Å². The normalized spacial score (nSPS) is 20.0. The van der Waals surface area contributed by atoms with Crippen LogP contribution in [0.25, 0.3) is 6.08 Å². The minimum absolute atomic E-state index is 0.0802. The molecule has 3 amide bonds. The van der Waals surface area contributed by atoms with Gasteiger partial charge in [-0.05, 0) is 11.6 Å². The maximum absolute atomic E-state index is 12.9. The Morgan fingerprint density at radius 1 is 1.37 bits per heavy atom. The summed E-state index contributed by atoms with van der Waals surface area (Å²) in [4.78, 5) is 58.6. The molecule has 0 aromatic carbocycles. The molecule has 2 aliphatic heterocycles. The summed E-state index contributed by atoms with van der Waals surface area (Å²) in [6, 6.07) is 0.312. The molecule has 0 spiro atoms. The quantitative estimate of drug-likeness (QED) is 0.200. The Bertz CT molecular complexity index is 1310. The molecule has 2 aromatic rings. The average Bonchev–Trinajstić information content (AvgIpc) is 3.47. The first-order chi connectivity index (χ1) is 16.7. The summed E-state index contributed by atoms with van der Waals surface area (Å²) < 4.78 is 4.96. The Labute approximate surface area is 204 Å². The average molecular weight is 520 g/mol. The number of aliphatic carboxylic acids is 1. The topological polar surface area (TPSA) is 216 Å². The third kappa shape index (κ3) is 4.60. The molecule has 0 aliphatic carbocycles. The Morgan fingerprint density at radius 2 is 2.14 bits per heavy atom. The van der Waals surface area contributed by atoms with E-state index in [4.69, 9.17) is 20.8 Å². The van der Waals surface area contributed by atoms with Crippen LogP contribution >= 0.6 is 23.1 Å². The first-order valence-corrected chi connectivity index (χ1v) is 11.6. The number of nitrogens with one attached hydrogen (secondary N) is 1. The molecule has 0 saturated carbocycles. The highest BCUT2D eigenvalue weighted by atomic mass is 32.2. The molecule has 4 rings (SSSR count). The third-order valence-corrected chi connectivity index (χ3v) is 6.85. The number of carbonyl (C=O) groups is 4. The van der Waals surface area contributed by atoms with Crippen LogP contribution in [0, 0.1) is 0 Å². The van der Waals surface area contributed by atoms with E-state index in [0.29, 0.717) is 5.57 Å². The highest BCUT2D eigenvalue weighted by Crippen LogP contribution is 2.40. The number of carboxylic acid groups (broad SMARTS) is 1. The zero-order valence-corrected chi connectivity index (χ0v) is 19.5. The molecule has 0 bridgehead atoms. The summed E-state index contributed by atoms with van der Waals surface area (Å²) in [5.41, 5.74) is 10.8. The van der Waals surface area contributed by atoms with Crippen LogP contribution in [0.2, 0.25) is 0 Å². The fourth-order valence-electron chi connectivity index (χ4n) is 3.34. The second kappa shape index (κ2) is 9.59. The highest BCUT2D eigenvalue weighted by molar-refractivity contribution is 8.00. The van der Waals surface area contributed by atoms with E-state index in [9.17, 15) is 24.3 Å². The molecule has 35 heavy (non-hydrogen) atoms. The van der Waals surface area contributed by atoms with Crippen LogP contribution in [0.3, 0.4) is 0 Å². The van der Waals surface area contributed by atoms with Crippen LogP contribution in [0.1, 0.15) is 21.9 Å². The van der Waals surface area contributed by atoms with Crippen molar-refractivity contribution in [3.63, 3.8) is 0 Å². The fourth-order valence-corrected chi connectivity index (χ4v) is 5.21. The number of allylic oxidation sites excluding steroid dienone is 1. The molecule has 2 aromatic heterocycles. The van der Waals surface area contributed by atoms with Crippen molar-refractivity contribution < 1.29 is 33.6 Å². The zero-order chi connectivity index (χ0) is 25.3. The summed E-state index contributed by atoms with van der Waals surface area (Å²) in [7, 11) is 1.25. The summed E-state index contributed by atoms with van der Waals surface area (Å²) in [6.07, 6.45) is 2.86. The maximum Gasteiger partial charge on any atom is 0.352 e. The van der Waals surface area contributed by atoms with Crippen LogP contribution in [0.4, 0.5) is 5.13 Å². The van der Waals surface area contributed by atoms with Crippen molar-refractivity contribution in [2.45, 2.75) is 11.4 Å². The number of nitrogens with two attached hydrogens (primary N) is 2. The van der Waals surface area contributed by atoms with E-state index in [1.54, 1.807) is 0 Å². The van der Waals surface area contributed by atoms with Gasteiger partial charge in [0.25, 0.3) is 17.7 Å². The first-order valence-electron chi connectivity index (χ1n) is 9.70.